The number of hydrogen-bond acceptors (Lipinski definition) is 2. The molecule has 0 saturated carbocycles. The van der Waals surface area contributed by atoms with Gasteiger partial charge in [-0.15, -0.1) is 0 Å². The second-order valence-corrected chi connectivity index (χ2v) is 5.66. The number of hydrogen-bond donors (Lipinski definition) is 1. The van der Waals surface area contributed by atoms with E-state index in [0.717, 1.165) is 17.7 Å². The number of benzene rings is 2. The molecule has 106 valence electrons. The molecule has 0 aliphatic rings. The molecule has 2 rings (SSSR count). The highest BCUT2D eigenvalue weighted by molar-refractivity contribution is 5.36. The number of aliphatic hydroxyl groups is 1. The lowest BCUT2D eigenvalue weighted by atomic mass is 9.76. The fourth-order valence-electron chi connectivity index (χ4n) is 2.80. The first-order chi connectivity index (χ1) is 9.55. The van der Waals surface area contributed by atoms with Gasteiger partial charge in [0.15, 0.2) is 0 Å². The molecule has 0 bridgehead atoms. The Morgan fingerprint density at radius 1 is 0.900 bits per heavy atom. The Kier molecular flexibility index (Phi) is 4.58. The molecule has 0 spiro atoms. The topological polar surface area (TPSA) is 23.5 Å². The summed E-state index contributed by atoms with van der Waals surface area (Å²) in [6.45, 7) is 2.92. The number of rotatable bonds is 5. The fourth-order valence-corrected chi connectivity index (χ4v) is 2.80. The smallest absolute Gasteiger partial charge is 0.118 e. The van der Waals surface area contributed by atoms with Crippen LogP contribution in [0.25, 0.3) is 0 Å². The van der Waals surface area contributed by atoms with E-state index >= 15 is 0 Å². The first-order valence-corrected chi connectivity index (χ1v) is 7.03. The van der Waals surface area contributed by atoms with Crippen LogP contribution < -0.4 is 0 Å². The third-order valence-corrected chi connectivity index (χ3v) is 3.78. The summed E-state index contributed by atoms with van der Waals surface area (Å²) in [5.74, 6) is 0.0855. The normalized spacial score (nSPS) is 13.4. The average molecular weight is 269 g/mol. The SMILES string of the molecule is C[C@@H](CN(C)C)C(O)(c1ccccc1)c1ccccc1. The van der Waals surface area contributed by atoms with Crippen LogP contribution in [0.5, 0.6) is 0 Å². The predicted molar refractivity (Wildman–Crippen MR) is 83.6 cm³/mol. The molecule has 0 heterocycles. The third-order valence-electron chi connectivity index (χ3n) is 3.78. The van der Waals surface area contributed by atoms with Gasteiger partial charge in [-0.25, -0.2) is 0 Å². The Morgan fingerprint density at radius 2 is 1.30 bits per heavy atom. The molecule has 2 aromatic rings. The van der Waals surface area contributed by atoms with Crippen LogP contribution in [-0.4, -0.2) is 30.6 Å². The zero-order chi connectivity index (χ0) is 14.6. The van der Waals surface area contributed by atoms with Crippen molar-refractivity contribution < 1.29 is 5.11 Å². The molecule has 0 radical (unpaired) electrons. The van der Waals surface area contributed by atoms with Crippen molar-refractivity contribution in [2.24, 2.45) is 5.92 Å². The van der Waals surface area contributed by atoms with Gasteiger partial charge >= 0.3 is 0 Å². The van der Waals surface area contributed by atoms with Gasteiger partial charge in [-0.05, 0) is 25.2 Å². The summed E-state index contributed by atoms with van der Waals surface area (Å²) in [4.78, 5) is 2.11. The van der Waals surface area contributed by atoms with Crippen LogP contribution in [0, 0.1) is 5.92 Å². The molecule has 0 aliphatic heterocycles. The second kappa shape index (κ2) is 6.21. The van der Waals surface area contributed by atoms with E-state index in [-0.39, 0.29) is 5.92 Å². The van der Waals surface area contributed by atoms with Gasteiger partial charge in [0.05, 0.1) is 0 Å². The van der Waals surface area contributed by atoms with Crippen molar-refractivity contribution in [3.8, 4) is 0 Å². The Morgan fingerprint density at radius 3 is 1.65 bits per heavy atom. The highest BCUT2D eigenvalue weighted by atomic mass is 16.3. The molecule has 2 nitrogen and oxygen atoms in total. The monoisotopic (exact) mass is 269 g/mol. The van der Waals surface area contributed by atoms with Gasteiger partial charge in [0, 0.05) is 12.5 Å². The van der Waals surface area contributed by atoms with E-state index in [2.05, 4.69) is 11.8 Å². The maximum absolute atomic E-state index is 11.4. The Hall–Kier alpha value is -1.64. The Bertz CT molecular complexity index is 482. The molecular weight excluding hydrogens is 246 g/mol. The lowest BCUT2D eigenvalue weighted by Crippen LogP contribution is -2.40. The molecule has 0 saturated heterocycles. The largest absolute Gasteiger partial charge is 0.380 e. The molecule has 0 fully saturated rings. The van der Waals surface area contributed by atoms with E-state index in [9.17, 15) is 5.11 Å². The molecule has 1 atom stereocenters. The molecule has 2 aromatic carbocycles. The van der Waals surface area contributed by atoms with Crippen molar-refractivity contribution in [2.75, 3.05) is 20.6 Å². The van der Waals surface area contributed by atoms with Gasteiger partial charge in [-0.2, -0.15) is 0 Å². The minimum Gasteiger partial charge on any atom is -0.380 e. The van der Waals surface area contributed by atoms with Gasteiger partial charge < -0.3 is 10.0 Å². The van der Waals surface area contributed by atoms with Crippen LogP contribution in [-0.2, 0) is 5.60 Å². The van der Waals surface area contributed by atoms with E-state index in [0.29, 0.717) is 0 Å². The quantitative estimate of drug-likeness (QED) is 0.901. The molecule has 0 aromatic heterocycles. The van der Waals surface area contributed by atoms with Gasteiger partial charge in [-0.1, -0.05) is 67.6 Å². The molecule has 0 unspecified atom stereocenters. The molecule has 0 amide bonds. The maximum atomic E-state index is 11.4. The van der Waals surface area contributed by atoms with E-state index in [1.807, 2.05) is 74.8 Å². The van der Waals surface area contributed by atoms with Gasteiger partial charge in [0.1, 0.15) is 5.60 Å². The van der Waals surface area contributed by atoms with Crippen molar-refractivity contribution in [3.05, 3.63) is 71.8 Å². The van der Waals surface area contributed by atoms with Crippen LogP contribution in [0.1, 0.15) is 18.1 Å². The summed E-state index contributed by atoms with van der Waals surface area (Å²) in [5.41, 5.74) is 0.924. The van der Waals surface area contributed by atoms with Gasteiger partial charge in [0.2, 0.25) is 0 Å². The Balaban J connectivity index is 2.49. The molecular formula is C18H23NO. The minimum absolute atomic E-state index is 0.0855. The van der Waals surface area contributed by atoms with Crippen LogP contribution in [0.4, 0.5) is 0 Å². The molecule has 20 heavy (non-hydrogen) atoms. The lowest BCUT2D eigenvalue weighted by Gasteiger charge is -2.36. The highest BCUT2D eigenvalue weighted by Crippen LogP contribution is 2.36. The summed E-state index contributed by atoms with van der Waals surface area (Å²) < 4.78 is 0. The van der Waals surface area contributed by atoms with E-state index < -0.39 is 5.60 Å². The molecule has 0 aliphatic carbocycles. The lowest BCUT2D eigenvalue weighted by molar-refractivity contribution is 0.0134. The van der Waals surface area contributed by atoms with E-state index in [4.69, 9.17) is 0 Å². The molecule has 2 heteroatoms. The third kappa shape index (κ3) is 2.92. The van der Waals surface area contributed by atoms with E-state index in [1.54, 1.807) is 0 Å². The van der Waals surface area contributed by atoms with Gasteiger partial charge in [0.25, 0.3) is 0 Å². The summed E-state index contributed by atoms with van der Waals surface area (Å²) >= 11 is 0. The second-order valence-electron chi connectivity index (χ2n) is 5.66. The van der Waals surface area contributed by atoms with Crippen LogP contribution >= 0.6 is 0 Å². The summed E-state index contributed by atoms with van der Waals surface area (Å²) in [6, 6.07) is 19.9. The van der Waals surface area contributed by atoms with Gasteiger partial charge in [-0.3, -0.25) is 0 Å². The van der Waals surface area contributed by atoms with Crippen molar-refractivity contribution >= 4 is 0 Å². The van der Waals surface area contributed by atoms with Crippen LogP contribution in [0.3, 0.4) is 0 Å². The Labute approximate surface area is 121 Å². The number of nitrogens with zero attached hydrogens (tertiary/aromatic N) is 1. The summed E-state index contributed by atoms with van der Waals surface area (Å²) in [7, 11) is 4.07. The standard InChI is InChI=1S/C18H23NO/c1-15(14-19(2)3)18(20,16-10-6-4-7-11-16)17-12-8-5-9-13-17/h4-13,15,20H,14H2,1-3H3/t15-/m0/s1. The van der Waals surface area contributed by atoms with E-state index in [1.165, 1.54) is 0 Å². The van der Waals surface area contributed by atoms with Crippen LogP contribution in [0.2, 0.25) is 0 Å². The van der Waals surface area contributed by atoms with Crippen LogP contribution in [0.15, 0.2) is 60.7 Å². The molecule has 1 N–H and O–H groups in total. The fraction of sp³-hybridized carbons (Fsp3) is 0.333. The minimum atomic E-state index is -0.965. The van der Waals surface area contributed by atoms with Crippen molar-refractivity contribution in [1.82, 2.24) is 4.90 Å². The highest BCUT2D eigenvalue weighted by Gasteiger charge is 2.37. The van der Waals surface area contributed by atoms with Crippen molar-refractivity contribution in [1.29, 1.82) is 0 Å². The van der Waals surface area contributed by atoms with Crippen molar-refractivity contribution in [3.63, 3.8) is 0 Å². The first kappa shape index (κ1) is 14.8. The van der Waals surface area contributed by atoms with Crippen molar-refractivity contribution in [2.45, 2.75) is 12.5 Å². The summed E-state index contributed by atoms with van der Waals surface area (Å²) in [5, 5.41) is 11.4. The average Bonchev–Trinajstić information content (AvgIpc) is 2.47. The summed E-state index contributed by atoms with van der Waals surface area (Å²) in [6.07, 6.45) is 0. The zero-order valence-electron chi connectivity index (χ0n) is 12.5. The first-order valence-electron chi connectivity index (χ1n) is 7.03. The zero-order valence-corrected chi connectivity index (χ0v) is 12.5. The predicted octanol–water partition coefficient (Wildman–Crippen LogP) is 3.12. The maximum Gasteiger partial charge on any atom is 0.118 e.